The zero-order valence-corrected chi connectivity index (χ0v) is 11.4. The zero-order chi connectivity index (χ0) is 11.9. The van der Waals surface area contributed by atoms with Gasteiger partial charge in [-0.2, -0.15) is 0 Å². The smallest absolute Gasteiger partial charge is 0.0249 e. The Morgan fingerprint density at radius 3 is 2.89 bits per heavy atom. The topological polar surface area (TPSA) is 15.3 Å². The first-order valence-electron chi connectivity index (χ1n) is 8.06. The predicted molar refractivity (Wildman–Crippen MR) is 74.5 cm³/mol. The standard InChI is InChI=1S/C16H26N2/c1-2-7-18-8-6-15(16(18)3-1)17-11-14-10-12-4-5-13(14)9-12/h4-5,12-17H,1-3,6-11H2. The molecule has 2 bridgehead atoms. The van der Waals surface area contributed by atoms with Gasteiger partial charge < -0.3 is 5.32 Å². The van der Waals surface area contributed by atoms with Crippen molar-refractivity contribution in [2.45, 2.75) is 50.6 Å². The van der Waals surface area contributed by atoms with E-state index in [4.69, 9.17) is 0 Å². The minimum atomic E-state index is 0.799. The molecule has 3 fully saturated rings. The van der Waals surface area contributed by atoms with E-state index in [0.717, 1.165) is 29.8 Å². The number of nitrogens with one attached hydrogen (secondary N) is 1. The third-order valence-electron chi connectivity index (χ3n) is 5.91. The fraction of sp³-hybridized carbons (Fsp3) is 0.875. The summed E-state index contributed by atoms with van der Waals surface area (Å²) in [6, 6.07) is 1.67. The van der Waals surface area contributed by atoms with E-state index in [1.165, 1.54) is 58.2 Å². The van der Waals surface area contributed by atoms with Gasteiger partial charge >= 0.3 is 0 Å². The van der Waals surface area contributed by atoms with Gasteiger partial charge in [-0.3, -0.25) is 4.90 Å². The van der Waals surface area contributed by atoms with Gasteiger partial charge in [-0.1, -0.05) is 18.6 Å². The number of hydrogen-bond acceptors (Lipinski definition) is 2. The highest BCUT2D eigenvalue weighted by Crippen LogP contribution is 2.43. The monoisotopic (exact) mass is 246 g/mol. The van der Waals surface area contributed by atoms with Crippen LogP contribution >= 0.6 is 0 Å². The molecule has 100 valence electrons. The molecule has 18 heavy (non-hydrogen) atoms. The highest BCUT2D eigenvalue weighted by molar-refractivity contribution is 5.10. The molecule has 2 nitrogen and oxygen atoms in total. The van der Waals surface area contributed by atoms with Crippen molar-refractivity contribution in [3.05, 3.63) is 12.2 Å². The Balaban J connectivity index is 1.31. The molecule has 2 aliphatic heterocycles. The van der Waals surface area contributed by atoms with Crippen LogP contribution in [0, 0.1) is 17.8 Å². The van der Waals surface area contributed by atoms with Crippen molar-refractivity contribution >= 4 is 0 Å². The Labute approximate surface area is 111 Å². The van der Waals surface area contributed by atoms with Crippen LogP contribution in [0.25, 0.3) is 0 Å². The van der Waals surface area contributed by atoms with Gasteiger partial charge in [0.15, 0.2) is 0 Å². The van der Waals surface area contributed by atoms with Crippen molar-refractivity contribution in [2.24, 2.45) is 17.8 Å². The van der Waals surface area contributed by atoms with Crippen molar-refractivity contribution < 1.29 is 0 Å². The largest absolute Gasteiger partial charge is 0.312 e. The Morgan fingerprint density at radius 2 is 2.06 bits per heavy atom. The summed E-state index contributed by atoms with van der Waals surface area (Å²) in [6.07, 6.45) is 13.6. The van der Waals surface area contributed by atoms with Gasteiger partial charge in [0.1, 0.15) is 0 Å². The number of nitrogens with zero attached hydrogens (tertiary/aromatic N) is 1. The van der Waals surface area contributed by atoms with Crippen molar-refractivity contribution in [3.63, 3.8) is 0 Å². The molecule has 2 heterocycles. The maximum atomic E-state index is 3.93. The maximum Gasteiger partial charge on any atom is 0.0249 e. The second-order valence-corrected chi connectivity index (χ2v) is 6.94. The molecular formula is C16H26N2. The summed E-state index contributed by atoms with van der Waals surface area (Å²) in [7, 11) is 0. The first kappa shape index (κ1) is 11.5. The summed E-state index contributed by atoms with van der Waals surface area (Å²) >= 11 is 0. The average molecular weight is 246 g/mol. The minimum absolute atomic E-state index is 0.799. The summed E-state index contributed by atoms with van der Waals surface area (Å²) in [5.41, 5.74) is 0. The van der Waals surface area contributed by atoms with Gasteiger partial charge in [-0.15, -0.1) is 0 Å². The molecule has 4 rings (SSSR count). The average Bonchev–Trinajstić information content (AvgIpc) is 3.11. The molecule has 5 unspecified atom stereocenters. The quantitative estimate of drug-likeness (QED) is 0.769. The van der Waals surface area contributed by atoms with Crippen LogP contribution < -0.4 is 5.32 Å². The summed E-state index contributed by atoms with van der Waals surface area (Å²) < 4.78 is 0. The second-order valence-electron chi connectivity index (χ2n) is 6.94. The molecule has 0 radical (unpaired) electrons. The van der Waals surface area contributed by atoms with Crippen molar-refractivity contribution in [3.8, 4) is 0 Å². The summed E-state index contributed by atoms with van der Waals surface area (Å²) in [5.74, 6) is 2.78. The minimum Gasteiger partial charge on any atom is -0.312 e. The molecule has 0 spiro atoms. The van der Waals surface area contributed by atoms with Crippen LogP contribution in [0.15, 0.2) is 12.2 Å². The molecule has 2 heteroatoms. The lowest BCUT2D eigenvalue weighted by Gasteiger charge is -2.33. The molecule has 2 aliphatic carbocycles. The van der Waals surface area contributed by atoms with Gasteiger partial charge in [-0.25, -0.2) is 0 Å². The van der Waals surface area contributed by atoms with E-state index in [0.29, 0.717) is 0 Å². The zero-order valence-electron chi connectivity index (χ0n) is 11.4. The lowest BCUT2D eigenvalue weighted by atomic mass is 9.92. The third-order valence-corrected chi connectivity index (χ3v) is 5.91. The van der Waals surface area contributed by atoms with Crippen molar-refractivity contribution in [2.75, 3.05) is 19.6 Å². The van der Waals surface area contributed by atoms with Crippen LogP contribution in [0.2, 0.25) is 0 Å². The summed E-state index contributed by atoms with van der Waals surface area (Å²) in [5, 5.41) is 3.93. The SMILES string of the molecule is C1=CC2CC1CC2CNC1CCN2CCCCC12. The summed E-state index contributed by atoms with van der Waals surface area (Å²) in [4.78, 5) is 2.74. The van der Waals surface area contributed by atoms with Crippen molar-refractivity contribution in [1.29, 1.82) is 0 Å². The van der Waals surface area contributed by atoms with E-state index in [9.17, 15) is 0 Å². The third kappa shape index (κ3) is 1.94. The number of rotatable bonds is 3. The van der Waals surface area contributed by atoms with Crippen LogP contribution in [-0.4, -0.2) is 36.6 Å². The van der Waals surface area contributed by atoms with Crippen LogP contribution in [0.1, 0.15) is 38.5 Å². The van der Waals surface area contributed by atoms with E-state index in [-0.39, 0.29) is 0 Å². The van der Waals surface area contributed by atoms with Gasteiger partial charge in [0.05, 0.1) is 0 Å². The van der Waals surface area contributed by atoms with E-state index in [2.05, 4.69) is 22.4 Å². The number of piperidine rings is 1. The lowest BCUT2D eigenvalue weighted by Crippen LogP contribution is -2.46. The van der Waals surface area contributed by atoms with E-state index < -0.39 is 0 Å². The summed E-state index contributed by atoms with van der Waals surface area (Å²) in [6.45, 7) is 3.99. The predicted octanol–water partition coefficient (Wildman–Crippen LogP) is 2.42. The fourth-order valence-corrected chi connectivity index (χ4v) is 4.92. The molecule has 1 saturated carbocycles. The first-order chi connectivity index (χ1) is 8.90. The van der Waals surface area contributed by atoms with Crippen LogP contribution in [-0.2, 0) is 0 Å². The molecule has 4 aliphatic rings. The Hall–Kier alpha value is -0.340. The number of allylic oxidation sites excluding steroid dienone is 2. The Kier molecular flexibility index (Phi) is 2.96. The van der Waals surface area contributed by atoms with Gasteiger partial charge in [-0.05, 0) is 62.9 Å². The van der Waals surface area contributed by atoms with Gasteiger partial charge in [0.25, 0.3) is 0 Å². The normalized spacial score (nSPS) is 46.8. The van der Waals surface area contributed by atoms with Crippen LogP contribution in [0.4, 0.5) is 0 Å². The molecule has 5 atom stereocenters. The van der Waals surface area contributed by atoms with Gasteiger partial charge in [0, 0.05) is 18.6 Å². The molecule has 0 aromatic heterocycles. The van der Waals surface area contributed by atoms with Gasteiger partial charge in [0.2, 0.25) is 0 Å². The molecule has 1 N–H and O–H groups in total. The Bertz CT molecular complexity index is 338. The highest BCUT2D eigenvalue weighted by Gasteiger charge is 2.38. The highest BCUT2D eigenvalue weighted by atomic mass is 15.2. The van der Waals surface area contributed by atoms with E-state index in [1.807, 2.05) is 0 Å². The lowest BCUT2D eigenvalue weighted by molar-refractivity contribution is 0.178. The molecular weight excluding hydrogens is 220 g/mol. The fourth-order valence-electron chi connectivity index (χ4n) is 4.92. The van der Waals surface area contributed by atoms with Crippen molar-refractivity contribution in [1.82, 2.24) is 10.2 Å². The molecule has 0 aromatic carbocycles. The van der Waals surface area contributed by atoms with E-state index >= 15 is 0 Å². The first-order valence-corrected chi connectivity index (χ1v) is 8.06. The molecule has 0 aromatic rings. The number of fused-ring (bicyclic) bond motifs is 3. The van der Waals surface area contributed by atoms with Crippen LogP contribution in [0.5, 0.6) is 0 Å². The number of hydrogen-bond donors (Lipinski definition) is 1. The molecule has 2 saturated heterocycles. The maximum absolute atomic E-state index is 3.93. The Morgan fingerprint density at radius 1 is 1.06 bits per heavy atom. The van der Waals surface area contributed by atoms with Crippen LogP contribution in [0.3, 0.4) is 0 Å². The molecule has 0 amide bonds. The second kappa shape index (κ2) is 4.64. The van der Waals surface area contributed by atoms with E-state index in [1.54, 1.807) is 0 Å².